The normalized spacial score (nSPS) is 10.4. The summed E-state index contributed by atoms with van der Waals surface area (Å²) in [7, 11) is 1.54. The lowest BCUT2D eigenvalue weighted by atomic mass is 10.0. The molecule has 2 aromatic rings. The average molecular weight is 216 g/mol. The number of hydrogen-bond donors (Lipinski definition) is 1. The van der Waals surface area contributed by atoms with Gasteiger partial charge in [0.15, 0.2) is 0 Å². The monoisotopic (exact) mass is 216 g/mol. The van der Waals surface area contributed by atoms with Crippen LogP contribution >= 0.6 is 0 Å². The Balaban J connectivity index is 2.78. The molecule has 1 N–H and O–H groups in total. The van der Waals surface area contributed by atoms with Crippen molar-refractivity contribution in [2.24, 2.45) is 0 Å². The van der Waals surface area contributed by atoms with Gasteiger partial charge in [-0.05, 0) is 30.5 Å². The molecule has 3 nitrogen and oxygen atoms in total. The number of fused-ring (bicyclic) bond motifs is 1. The van der Waals surface area contributed by atoms with Crippen molar-refractivity contribution in [1.82, 2.24) is 0 Å². The predicted octanol–water partition coefficient (Wildman–Crippen LogP) is 2.86. The van der Waals surface area contributed by atoms with Crippen LogP contribution in [0.15, 0.2) is 30.3 Å². The van der Waals surface area contributed by atoms with E-state index in [1.807, 2.05) is 25.1 Å². The van der Waals surface area contributed by atoms with Gasteiger partial charge in [-0.1, -0.05) is 17.7 Å². The lowest BCUT2D eigenvalue weighted by Crippen LogP contribution is -1.97. The van der Waals surface area contributed by atoms with Crippen molar-refractivity contribution in [3.63, 3.8) is 0 Å². The van der Waals surface area contributed by atoms with Crippen molar-refractivity contribution in [3.8, 4) is 5.75 Å². The Labute approximate surface area is 93.3 Å². The van der Waals surface area contributed by atoms with Gasteiger partial charge in [0.05, 0.1) is 12.7 Å². The molecule has 3 heteroatoms. The third kappa shape index (κ3) is 1.72. The van der Waals surface area contributed by atoms with Gasteiger partial charge in [0.2, 0.25) is 0 Å². The molecule has 82 valence electrons. The lowest BCUT2D eigenvalue weighted by molar-refractivity contribution is 0.0696. The summed E-state index contributed by atoms with van der Waals surface area (Å²) in [5.41, 5.74) is 1.36. The molecule has 0 amide bonds. The summed E-state index contributed by atoms with van der Waals surface area (Å²) in [5.74, 6) is -0.348. The van der Waals surface area contributed by atoms with Crippen LogP contribution in [0.1, 0.15) is 15.9 Å². The predicted molar refractivity (Wildman–Crippen MR) is 62.2 cm³/mol. The fraction of sp³-hybridized carbons (Fsp3) is 0.154. The van der Waals surface area contributed by atoms with Crippen LogP contribution < -0.4 is 4.74 Å². The second kappa shape index (κ2) is 3.85. The summed E-state index contributed by atoms with van der Waals surface area (Å²) >= 11 is 0. The maximum Gasteiger partial charge on any atom is 0.335 e. The summed E-state index contributed by atoms with van der Waals surface area (Å²) in [6.07, 6.45) is 0. The Kier molecular flexibility index (Phi) is 2.52. The highest BCUT2D eigenvalue weighted by Gasteiger charge is 2.09. The lowest BCUT2D eigenvalue weighted by Gasteiger charge is -2.07. The van der Waals surface area contributed by atoms with E-state index in [9.17, 15) is 4.79 Å². The molecule has 0 aromatic heterocycles. The van der Waals surface area contributed by atoms with Crippen molar-refractivity contribution in [1.29, 1.82) is 0 Å². The van der Waals surface area contributed by atoms with Gasteiger partial charge in [0, 0.05) is 5.39 Å². The number of ether oxygens (including phenoxy) is 1. The highest BCUT2D eigenvalue weighted by Crippen LogP contribution is 2.28. The van der Waals surface area contributed by atoms with E-state index in [-0.39, 0.29) is 5.56 Å². The number of aryl methyl sites for hydroxylation is 1. The molecular weight excluding hydrogens is 204 g/mol. The third-order valence-corrected chi connectivity index (χ3v) is 2.54. The van der Waals surface area contributed by atoms with E-state index in [1.54, 1.807) is 19.2 Å². The summed E-state index contributed by atoms with van der Waals surface area (Å²) in [4.78, 5) is 10.9. The Morgan fingerprint density at radius 1 is 1.25 bits per heavy atom. The van der Waals surface area contributed by atoms with Crippen LogP contribution in [0.3, 0.4) is 0 Å². The van der Waals surface area contributed by atoms with Crippen LogP contribution in [0.25, 0.3) is 10.8 Å². The van der Waals surface area contributed by atoms with Crippen LogP contribution in [0.5, 0.6) is 5.75 Å². The van der Waals surface area contributed by atoms with E-state index in [1.165, 1.54) is 0 Å². The fourth-order valence-electron chi connectivity index (χ4n) is 1.73. The van der Waals surface area contributed by atoms with E-state index in [4.69, 9.17) is 9.84 Å². The molecule has 0 saturated heterocycles. The minimum absolute atomic E-state index is 0.244. The second-order valence-electron chi connectivity index (χ2n) is 3.71. The maximum atomic E-state index is 10.9. The minimum atomic E-state index is -0.944. The number of methoxy groups -OCH3 is 1. The Morgan fingerprint density at radius 2 is 2.00 bits per heavy atom. The van der Waals surface area contributed by atoms with Gasteiger partial charge in [-0.3, -0.25) is 0 Å². The first-order valence-corrected chi connectivity index (χ1v) is 4.93. The van der Waals surface area contributed by atoms with Gasteiger partial charge in [-0.15, -0.1) is 0 Å². The largest absolute Gasteiger partial charge is 0.496 e. The number of aromatic carboxylic acids is 1. The molecular formula is C13H12O3. The Bertz CT molecular complexity index is 558. The molecule has 0 bridgehead atoms. The summed E-state index contributed by atoms with van der Waals surface area (Å²) < 4.78 is 5.21. The molecule has 0 spiro atoms. The van der Waals surface area contributed by atoms with Crippen LogP contribution in [0, 0.1) is 6.92 Å². The zero-order valence-corrected chi connectivity index (χ0v) is 9.15. The molecule has 16 heavy (non-hydrogen) atoms. The Morgan fingerprint density at radius 3 is 2.62 bits per heavy atom. The summed E-state index contributed by atoms with van der Waals surface area (Å²) in [5, 5.41) is 10.8. The first kappa shape index (κ1) is 10.5. The number of carboxylic acids is 1. The van der Waals surface area contributed by atoms with E-state index in [0.717, 1.165) is 16.3 Å². The van der Waals surface area contributed by atoms with Crippen molar-refractivity contribution >= 4 is 16.7 Å². The highest BCUT2D eigenvalue weighted by molar-refractivity contribution is 5.97. The molecule has 0 saturated carbocycles. The number of carboxylic acid groups (broad SMARTS) is 1. The average Bonchev–Trinajstić information content (AvgIpc) is 2.27. The maximum absolute atomic E-state index is 10.9. The molecule has 0 aliphatic heterocycles. The number of hydrogen-bond acceptors (Lipinski definition) is 2. The van der Waals surface area contributed by atoms with Crippen molar-refractivity contribution in [2.45, 2.75) is 6.92 Å². The summed E-state index contributed by atoms with van der Waals surface area (Å²) in [6.45, 7) is 1.99. The van der Waals surface area contributed by atoms with E-state index >= 15 is 0 Å². The van der Waals surface area contributed by atoms with Crippen molar-refractivity contribution in [2.75, 3.05) is 7.11 Å². The number of carbonyl (C=O) groups is 1. The molecule has 0 heterocycles. The molecule has 0 radical (unpaired) electrons. The van der Waals surface area contributed by atoms with Gasteiger partial charge in [0.1, 0.15) is 5.75 Å². The molecule has 0 fully saturated rings. The number of rotatable bonds is 2. The van der Waals surface area contributed by atoms with Gasteiger partial charge < -0.3 is 9.84 Å². The first-order valence-electron chi connectivity index (χ1n) is 4.93. The highest BCUT2D eigenvalue weighted by atomic mass is 16.5. The SMILES string of the molecule is COc1cc(C(=O)O)cc2ccc(C)cc12. The van der Waals surface area contributed by atoms with E-state index in [2.05, 4.69) is 0 Å². The molecule has 0 aliphatic carbocycles. The summed E-state index contributed by atoms with van der Waals surface area (Å²) in [6, 6.07) is 9.04. The fourth-order valence-corrected chi connectivity index (χ4v) is 1.73. The van der Waals surface area contributed by atoms with Crippen LogP contribution in [-0.2, 0) is 0 Å². The molecule has 2 rings (SSSR count). The quantitative estimate of drug-likeness (QED) is 0.839. The molecule has 2 aromatic carbocycles. The van der Waals surface area contributed by atoms with Crippen LogP contribution in [0.2, 0.25) is 0 Å². The third-order valence-electron chi connectivity index (χ3n) is 2.54. The van der Waals surface area contributed by atoms with E-state index < -0.39 is 5.97 Å². The molecule has 0 aliphatic rings. The minimum Gasteiger partial charge on any atom is -0.496 e. The van der Waals surface area contributed by atoms with Gasteiger partial charge in [-0.2, -0.15) is 0 Å². The van der Waals surface area contributed by atoms with Gasteiger partial charge in [-0.25, -0.2) is 4.79 Å². The van der Waals surface area contributed by atoms with Crippen molar-refractivity contribution < 1.29 is 14.6 Å². The van der Waals surface area contributed by atoms with Crippen LogP contribution in [-0.4, -0.2) is 18.2 Å². The topological polar surface area (TPSA) is 46.5 Å². The van der Waals surface area contributed by atoms with Crippen molar-refractivity contribution in [3.05, 3.63) is 41.5 Å². The molecule has 0 atom stereocenters. The smallest absolute Gasteiger partial charge is 0.335 e. The standard InChI is InChI=1S/C13H12O3/c1-8-3-4-9-6-10(13(14)15)7-12(16-2)11(9)5-8/h3-7H,1-2H3,(H,14,15). The van der Waals surface area contributed by atoms with E-state index in [0.29, 0.717) is 5.75 Å². The van der Waals surface area contributed by atoms with Gasteiger partial charge in [0.25, 0.3) is 0 Å². The second-order valence-corrected chi connectivity index (χ2v) is 3.71. The zero-order valence-electron chi connectivity index (χ0n) is 9.15. The number of benzene rings is 2. The van der Waals surface area contributed by atoms with Gasteiger partial charge >= 0.3 is 5.97 Å². The zero-order chi connectivity index (χ0) is 11.7. The van der Waals surface area contributed by atoms with Crippen LogP contribution in [0.4, 0.5) is 0 Å². The first-order chi connectivity index (χ1) is 7.61. The molecule has 0 unspecified atom stereocenters. The Hall–Kier alpha value is -2.03.